The highest BCUT2D eigenvalue weighted by Crippen LogP contribution is 2.26. The third-order valence-corrected chi connectivity index (χ3v) is 4.95. The molecular weight excluding hydrogens is 380 g/mol. The van der Waals surface area contributed by atoms with Crippen molar-refractivity contribution in [2.45, 2.75) is 12.5 Å². The summed E-state index contributed by atoms with van der Waals surface area (Å²) in [4.78, 5) is 11.9. The van der Waals surface area contributed by atoms with E-state index in [2.05, 4.69) is 42.5 Å². The minimum absolute atomic E-state index is 0.0498. The zero-order valence-electron chi connectivity index (χ0n) is 9.71. The lowest BCUT2D eigenvalue weighted by Gasteiger charge is -2.22. The van der Waals surface area contributed by atoms with Crippen LogP contribution in [0.3, 0.4) is 0 Å². The standard InChI is InChI=1S/C12H14Br2N2OS/c13-8-1-2-10(14)11(5-8)16-12(17)6-9-7-18-4-3-15-9/h1-2,5,9,15H,3-4,6-7H2,(H,16,17). The summed E-state index contributed by atoms with van der Waals surface area (Å²) < 4.78 is 1.84. The van der Waals surface area contributed by atoms with E-state index in [4.69, 9.17) is 0 Å². The van der Waals surface area contributed by atoms with Crippen LogP contribution in [0.2, 0.25) is 0 Å². The van der Waals surface area contributed by atoms with Crippen LogP contribution in [0.15, 0.2) is 27.1 Å². The van der Waals surface area contributed by atoms with Gasteiger partial charge in [-0.1, -0.05) is 15.9 Å². The van der Waals surface area contributed by atoms with Gasteiger partial charge in [-0.2, -0.15) is 11.8 Å². The first kappa shape index (κ1) is 14.4. The highest BCUT2D eigenvalue weighted by molar-refractivity contribution is 9.11. The number of carbonyl (C=O) groups is 1. The number of benzene rings is 1. The number of thioether (sulfide) groups is 1. The second-order valence-corrected chi connectivity index (χ2v) is 7.02. The van der Waals surface area contributed by atoms with Gasteiger partial charge in [0, 0.05) is 39.5 Å². The van der Waals surface area contributed by atoms with Crippen molar-refractivity contribution in [1.82, 2.24) is 5.32 Å². The van der Waals surface area contributed by atoms with Crippen LogP contribution in [-0.2, 0) is 4.79 Å². The first-order valence-corrected chi connectivity index (χ1v) is 8.45. The number of hydrogen-bond donors (Lipinski definition) is 2. The van der Waals surface area contributed by atoms with Gasteiger partial charge in [0.1, 0.15) is 0 Å². The van der Waals surface area contributed by atoms with Crippen molar-refractivity contribution in [2.24, 2.45) is 0 Å². The van der Waals surface area contributed by atoms with Crippen LogP contribution in [-0.4, -0.2) is 30.0 Å². The largest absolute Gasteiger partial charge is 0.325 e. The summed E-state index contributed by atoms with van der Waals surface area (Å²) in [5, 5.41) is 6.29. The molecule has 0 spiro atoms. The quantitative estimate of drug-likeness (QED) is 0.828. The molecule has 98 valence electrons. The fourth-order valence-electron chi connectivity index (χ4n) is 1.77. The predicted molar refractivity (Wildman–Crippen MR) is 84.2 cm³/mol. The molecule has 1 aromatic rings. The Bertz CT molecular complexity index is 436. The molecule has 0 bridgehead atoms. The number of amides is 1. The predicted octanol–water partition coefficient (Wildman–Crippen LogP) is 3.25. The Morgan fingerprint density at radius 1 is 1.50 bits per heavy atom. The molecule has 1 amide bonds. The van der Waals surface area contributed by atoms with Crippen LogP contribution in [0.5, 0.6) is 0 Å². The van der Waals surface area contributed by atoms with E-state index >= 15 is 0 Å². The molecular formula is C12H14Br2N2OS. The topological polar surface area (TPSA) is 41.1 Å². The Balaban J connectivity index is 1.92. The SMILES string of the molecule is O=C(CC1CSCCN1)Nc1cc(Br)ccc1Br. The van der Waals surface area contributed by atoms with Crippen molar-refractivity contribution in [3.63, 3.8) is 0 Å². The summed E-state index contributed by atoms with van der Waals surface area (Å²) in [6.45, 7) is 0.989. The van der Waals surface area contributed by atoms with Crippen molar-refractivity contribution >= 4 is 55.2 Å². The maximum absolute atomic E-state index is 11.9. The second kappa shape index (κ2) is 6.93. The van der Waals surface area contributed by atoms with Gasteiger partial charge in [0.05, 0.1) is 5.69 Å². The molecule has 1 aliphatic heterocycles. The van der Waals surface area contributed by atoms with E-state index in [1.165, 1.54) is 0 Å². The van der Waals surface area contributed by atoms with Gasteiger partial charge in [-0.25, -0.2) is 0 Å². The van der Waals surface area contributed by atoms with Crippen molar-refractivity contribution in [2.75, 3.05) is 23.4 Å². The third kappa shape index (κ3) is 4.26. The smallest absolute Gasteiger partial charge is 0.226 e. The van der Waals surface area contributed by atoms with E-state index < -0.39 is 0 Å². The van der Waals surface area contributed by atoms with Crippen molar-refractivity contribution in [1.29, 1.82) is 0 Å². The lowest BCUT2D eigenvalue weighted by Crippen LogP contribution is -2.39. The van der Waals surface area contributed by atoms with E-state index in [-0.39, 0.29) is 11.9 Å². The van der Waals surface area contributed by atoms with Crippen molar-refractivity contribution in [3.05, 3.63) is 27.1 Å². The van der Waals surface area contributed by atoms with Crippen LogP contribution < -0.4 is 10.6 Å². The molecule has 2 N–H and O–H groups in total. The van der Waals surface area contributed by atoms with Gasteiger partial charge in [-0.3, -0.25) is 4.79 Å². The zero-order chi connectivity index (χ0) is 13.0. The minimum atomic E-state index is 0.0498. The van der Waals surface area contributed by atoms with Gasteiger partial charge < -0.3 is 10.6 Å². The number of anilines is 1. The van der Waals surface area contributed by atoms with E-state index in [9.17, 15) is 4.79 Å². The fraction of sp³-hybridized carbons (Fsp3) is 0.417. The molecule has 3 nitrogen and oxygen atoms in total. The summed E-state index contributed by atoms with van der Waals surface area (Å²) in [5.41, 5.74) is 0.804. The fourth-order valence-corrected chi connectivity index (χ4v) is 3.43. The van der Waals surface area contributed by atoms with Crippen LogP contribution in [0.1, 0.15) is 6.42 Å². The van der Waals surface area contributed by atoms with Gasteiger partial charge in [0.15, 0.2) is 0 Å². The normalized spacial score (nSPS) is 19.6. The van der Waals surface area contributed by atoms with E-state index in [1.807, 2.05) is 30.0 Å². The molecule has 0 aromatic heterocycles. The number of rotatable bonds is 3. The van der Waals surface area contributed by atoms with Crippen LogP contribution >= 0.6 is 43.6 Å². The van der Waals surface area contributed by atoms with Crippen molar-refractivity contribution < 1.29 is 4.79 Å². The minimum Gasteiger partial charge on any atom is -0.325 e. The molecule has 2 rings (SSSR count). The highest BCUT2D eigenvalue weighted by Gasteiger charge is 2.17. The summed E-state index contributed by atoms with van der Waals surface area (Å²) >= 11 is 8.72. The van der Waals surface area contributed by atoms with Crippen LogP contribution in [0.4, 0.5) is 5.69 Å². The molecule has 1 fully saturated rings. The number of hydrogen-bond acceptors (Lipinski definition) is 3. The number of halogens is 2. The molecule has 6 heteroatoms. The zero-order valence-corrected chi connectivity index (χ0v) is 13.7. The van der Waals surface area contributed by atoms with Crippen molar-refractivity contribution in [3.8, 4) is 0 Å². The molecule has 0 radical (unpaired) electrons. The average molecular weight is 394 g/mol. The molecule has 1 unspecified atom stereocenters. The molecule has 0 aliphatic carbocycles. The Morgan fingerprint density at radius 3 is 3.06 bits per heavy atom. The Hall–Kier alpha value is -0.0400. The first-order chi connectivity index (χ1) is 8.65. The van der Waals surface area contributed by atoms with Crippen LogP contribution in [0.25, 0.3) is 0 Å². The van der Waals surface area contributed by atoms with Crippen LogP contribution in [0, 0.1) is 0 Å². The molecule has 1 atom stereocenters. The Morgan fingerprint density at radius 2 is 2.33 bits per heavy atom. The molecule has 1 heterocycles. The van der Waals surface area contributed by atoms with E-state index in [1.54, 1.807) is 0 Å². The summed E-state index contributed by atoms with van der Waals surface area (Å²) in [6, 6.07) is 6.02. The Kier molecular flexibility index (Phi) is 5.54. The van der Waals surface area contributed by atoms with Gasteiger partial charge in [0.2, 0.25) is 5.91 Å². The first-order valence-electron chi connectivity index (χ1n) is 5.71. The maximum Gasteiger partial charge on any atom is 0.226 e. The van der Waals surface area contributed by atoms with Gasteiger partial charge in [-0.05, 0) is 34.1 Å². The Labute approximate surface area is 128 Å². The molecule has 0 saturated carbocycles. The van der Waals surface area contributed by atoms with E-state index in [0.29, 0.717) is 6.42 Å². The monoisotopic (exact) mass is 392 g/mol. The second-order valence-electron chi connectivity index (χ2n) is 4.10. The van der Waals surface area contributed by atoms with Gasteiger partial charge in [0.25, 0.3) is 0 Å². The summed E-state index contributed by atoms with van der Waals surface area (Å²) in [5.74, 6) is 2.19. The number of carbonyl (C=O) groups excluding carboxylic acids is 1. The summed E-state index contributed by atoms with van der Waals surface area (Å²) in [6.07, 6.45) is 0.520. The maximum atomic E-state index is 11.9. The average Bonchev–Trinajstić information content (AvgIpc) is 2.35. The lowest BCUT2D eigenvalue weighted by molar-refractivity contribution is -0.116. The third-order valence-electron chi connectivity index (χ3n) is 2.63. The highest BCUT2D eigenvalue weighted by atomic mass is 79.9. The van der Waals surface area contributed by atoms with E-state index in [0.717, 1.165) is 32.7 Å². The lowest BCUT2D eigenvalue weighted by atomic mass is 10.2. The molecule has 18 heavy (non-hydrogen) atoms. The number of nitrogens with one attached hydrogen (secondary N) is 2. The molecule has 1 saturated heterocycles. The molecule has 1 aliphatic rings. The van der Waals surface area contributed by atoms with Gasteiger partial charge >= 0.3 is 0 Å². The molecule has 1 aromatic carbocycles. The summed E-state index contributed by atoms with van der Waals surface area (Å²) in [7, 11) is 0. The van der Waals surface area contributed by atoms with Gasteiger partial charge in [-0.15, -0.1) is 0 Å².